The molecule has 2 aromatic rings. The topological polar surface area (TPSA) is 32.6 Å². The number of halogens is 1. The molecule has 0 aromatic heterocycles. The van der Waals surface area contributed by atoms with E-state index in [4.69, 9.17) is 11.6 Å². The first-order chi connectivity index (χ1) is 9.60. The van der Waals surface area contributed by atoms with Gasteiger partial charge in [0.15, 0.2) is 0 Å². The number of rotatable bonds is 4. The first kappa shape index (κ1) is 14.6. The molecule has 0 bridgehead atoms. The molecule has 2 rings (SSSR count). The SMILES string of the molecule is CCC(C)c1ccc(C=Nc2cc(Cl)ccc2O)cc1. The number of nitrogens with zero attached hydrogens (tertiary/aromatic N) is 1. The van der Waals surface area contributed by atoms with Crippen molar-refractivity contribution in [3.05, 3.63) is 58.6 Å². The highest BCUT2D eigenvalue weighted by Crippen LogP contribution is 2.29. The Hall–Kier alpha value is -1.80. The lowest BCUT2D eigenvalue weighted by Gasteiger charge is -2.08. The molecule has 1 atom stereocenters. The van der Waals surface area contributed by atoms with Crippen LogP contribution in [0.3, 0.4) is 0 Å². The van der Waals surface area contributed by atoms with Crippen molar-refractivity contribution >= 4 is 23.5 Å². The summed E-state index contributed by atoms with van der Waals surface area (Å²) in [7, 11) is 0. The van der Waals surface area contributed by atoms with Crippen molar-refractivity contribution in [3.63, 3.8) is 0 Å². The smallest absolute Gasteiger partial charge is 0.141 e. The van der Waals surface area contributed by atoms with Gasteiger partial charge < -0.3 is 5.11 Å². The van der Waals surface area contributed by atoms with Crippen LogP contribution in [0.25, 0.3) is 0 Å². The first-order valence-electron chi connectivity index (χ1n) is 6.72. The van der Waals surface area contributed by atoms with Gasteiger partial charge in [-0.3, -0.25) is 4.99 Å². The van der Waals surface area contributed by atoms with Gasteiger partial charge in [0, 0.05) is 11.2 Å². The van der Waals surface area contributed by atoms with Gasteiger partial charge in [-0.15, -0.1) is 0 Å². The van der Waals surface area contributed by atoms with Crippen LogP contribution in [-0.4, -0.2) is 11.3 Å². The van der Waals surface area contributed by atoms with E-state index in [1.165, 1.54) is 5.56 Å². The van der Waals surface area contributed by atoms with Crippen molar-refractivity contribution in [2.45, 2.75) is 26.2 Å². The van der Waals surface area contributed by atoms with Gasteiger partial charge >= 0.3 is 0 Å². The molecule has 0 aliphatic carbocycles. The molecule has 1 N–H and O–H groups in total. The summed E-state index contributed by atoms with van der Waals surface area (Å²) < 4.78 is 0. The van der Waals surface area contributed by atoms with Crippen LogP contribution in [0.2, 0.25) is 5.02 Å². The van der Waals surface area contributed by atoms with Crippen molar-refractivity contribution < 1.29 is 5.11 Å². The van der Waals surface area contributed by atoms with Crippen LogP contribution in [0, 0.1) is 0 Å². The summed E-state index contributed by atoms with van der Waals surface area (Å²) in [5.74, 6) is 0.694. The van der Waals surface area contributed by atoms with E-state index in [0.717, 1.165) is 12.0 Å². The predicted octanol–water partition coefficient (Wildman–Crippen LogP) is 5.31. The fourth-order valence-electron chi connectivity index (χ4n) is 1.89. The van der Waals surface area contributed by atoms with Crippen molar-refractivity contribution in [3.8, 4) is 5.75 Å². The van der Waals surface area contributed by atoms with Gasteiger partial charge in [0.2, 0.25) is 0 Å². The minimum absolute atomic E-state index is 0.127. The summed E-state index contributed by atoms with van der Waals surface area (Å²) in [4.78, 5) is 4.27. The molecule has 1 unspecified atom stereocenters. The summed E-state index contributed by atoms with van der Waals surface area (Å²) in [6.07, 6.45) is 2.86. The highest BCUT2D eigenvalue weighted by molar-refractivity contribution is 6.30. The second-order valence-corrected chi connectivity index (χ2v) is 5.30. The maximum absolute atomic E-state index is 9.69. The molecular weight excluding hydrogens is 270 g/mol. The Labute approximate surface area is 124 Å². The number of phenolic OH excluding ortho intramolecular Hbond substituents is 1. The van der Waals surface area contributed by atoms with Crippen molar-refractivity contribution in [2.24, 2.45) is 4.99 Å². The fourth-order valence-corrected chi connectivity index (χ4v) is 2.06. The lowest BCUT2D eigenvalue weighted by atomic mass is 9.98. The van der Waals surface area contributed by atoms with E-state index in [1.54, 1.807) is 24.4 Å². The minimum atomic E-state index is 0.127. The molecule has 3 heteroatoms. The summed E-state index contributed by atoms with van der Waals surface area (Å²) in [5, 5.41) is 10.2. The molecule has 0 fully saturated rings. The maximum Gasteiger partial charge on any atom is 0.141 e. The second-order valence-electron chi connectivity index (χ2n) is 4.87. The number of aliphatic imine (C=N–C) groups is 1. The van der Waals surface area contributed by atoms with Gasteiger partial charge in [-0.2, -0.15) is 0 Å². The maximum atomic E-state index is 9.69. The lowest BCUT2D eigenvalue weighted by Crippen LogP contribution is -1.91. The van der Waals surface area contributed by atoms with Gasteiger partial charge in [0.05, 0.1) is 0 Å². The highest BCUT2D eigenvalue weighted by Gasteiger charge is 2.02. The number of aromatic hydroxyl groups is 1. The first-order valence-corrected chi connectivity index (χ1v) is 7.10. The van der Waals surface area contributed by atoms with Gasteiger partial charge in [-0.25, -0.2) is 0 Å². The Morgan fingerprint density at radius 3 is 2.55 bits per heavy atom. The summed E-state index contributed by atoms with van der Waals surface area (Å²) in [6, 6.07) is 13.1. The molecule has 0 amide bonds. The number of hydrogen-bond acceptors (Lipinski definition) is 2. The van der Waals surface area contributed by atoms with Gasteiger partial charge in [0.25, 0.3) is 0 Å². The van der Waals surface area contributed by atoms with Crippen LogP contribution in [0.1, 0.15) is 37.3 Å². The second kappa shape index (κ2) is 6.58. The quantitative estimate of drug-likeness (QED) is 0.759. The molecule has 0 saturated carbocycles. The zero-order valence-electron chi connectivity index (χ0n) is 11.7. The van der Waals surface area contributed by atoms with Gasteiger partial charge in [-0.05, 0) is 41.7 Å². The third-order valence-electron chi connectivity index (χ3n) is 3.41. The zero-order chi connectivity index (χ0) is 14.5. The van der Waals surface area contributed by atoms with E-state index >= 15 is 0 Å². The largest absolute Gasteiger partial charge is 0.506 e. The van der Waals surface area contributed by atoms with Gasteiger partial charge in [0.1, 0.15) is 11.4 Å². The lowest BCUT2D eigenvalue weighted by molar-refractivity contribution is 0.477. The zero-order valence-corrected chi connectivity index (χ0v) is 12.4. The molecule has 0 saturated heterocycles. The van der Waals surface area contributed by atoms with Crippen LogP contribution in [0.4, 0.5) is 5.69 Å². The Balaban J connectivity index is 2.17. The highest BCUT2D eigenvalue weighted by atomic mass is 35.5. The molecule has 104 valence electrons. The van der Waals surface area contributed by atoms with Crippen LogP contribution in [-0.2, 0) is 0 Å². The van der Waals surface area contributed by atoms with E-state index in [-0.39, 0.29) is 5.75 Å². The van der Waals surface area contributed by atoms with Crippen molar-refractivity contribution in [2.75, 3.05) is 0 Å². The Bertz CT molecular complexity index is 605. The predicted molar refractivity (Wildman–Crippen MR) is 85.5 cm³/mol. The Morgan fingerprint density at radius 2 is 1.90 bits per heavy atom. The number of hydrogen-bond donors (Lipinski definition) is 1. The molecule has 0 spiro atoms. The standard InChI is InChI=1S/C17H18ClNO/c1-3-12(2)14-6-4-13(5-7-14)11-19-16-10-15(18)8-9-17(16)20/h4-12,20H,3H2,1-2H3. The third-order valence-corrected chi connectivity index (χ3v) is 3.64. The average Bonchev–Trinajstić information content (AvgIpc) is 2.48. The van der Waals surface area contributed by atoms with E-state index in [0.29, 0.717) is 16.6 Å². The Kier molecular flexibility index (Phi) is 4.80. The molecule has 0 aliphatic heterocycles. The summed E-state index contributed by atoms with van der Waals surface area (Å²) in [6.45, 7) is 4.40. The molecular formula is C17H18ClNO. The van der Waals surface area contributed by atoms with E-state index in [9.17, 15) is 5.11 Å². The minimum Gasteiger partial charge on any atom is -0.506 e. The van der Waals surface area contributed by atoms with Crippen LogP contribution < -0.4 is 0 Å². The summed E-state index contributed by atoms with van der Waals surface area (Å²) in [5.41, 5.74) is 2.80. The van der Waals surface area contributed by atoms with Crippen molar-refractivity contribution in [1.29, 1.82) is 0 Å². The van der Waals surface area contributed by atoms with Crippen LogP contribution in [0.15, 0.2) is 47.5 Å². The van der Waals surface area contributed by atoms with E-state index in [2.05, 4.69) is 31.0 Å². The Morgan fingerprint density at radius 1 is 1.20 bits per heavy atom. The van der Waals surface area contributed by atoms with Crippen LogP contribution >= 0.6 is 11.6 Å². The molecule has 0 radical (unpaired) electrons. The van der Waals surface area contributed by atoms with E-state index < -0.39 is 0 Å². The summed E-state index contributed by atoms with van der Waals surface area (Å²) >= 11 is 5.89. The van der Waals surface area contributed by atoms with Crippen molar-refractivity contribution in [1.82, 2.24) is 0 Å². The normalized spacial score (nSPS) is 12.8. The average molecular weight is 288 g/mol. The van der Waals surface area contributed by atoms with Gasteiger partial charge in [-0.1, -0.05) is 49.7 Å². The molecule has 20 heavy (non-hydrogen) atoms. The monoisotopic (exact) mass is 287 g/mol. The van der Waals surface area contributed by atoms with E-state index in [1.807, 2.05) is 12.1 Å². The number of phenols is 1. The molecule has 0 aliphatic rings. The van der Waals surface area contributed by atoms with Crippen LogP contribution in [0.5, 0.6) is 5.75 Å². The molecule has 2 nitrogen and oxygen atoms in total. The number of benzene rings is 2. The third kappa shape index (κ3) is 3.61. The fraction of sp³-hybridized carbons (Fsp3) is 0.235. The molecule has 2 aromatic carbocycles. The molecule has 0 heterocycles.